The Morgan fingerprint density at radius 1 is 1.23 bits per heavy atom. The Balaban J connectivity index is 1.82. The van der Waals surface area contributed by atoms with Crippen LogP contribution in [0.1, 0.15) is 56.1 Å². The lowest BCUT2D eigenvalue weighted by molar-refractivity contribution is -0.384. The monoisotopic (exact) mass is 426 g/mol. The van der Waals surface area contributed by atoms with E-state index in [1.807, 2.05) is 0 Å². The van der Waals surface area contributed by atoms with Crippen molar-refractivity contribution in [3.8, 4) is 0 Å². The van der Waals surface area contributed by atoms with Gasteiger partial charge >= 0.3 is 0 Å². The lowest BCUT2D eigenvalue weighted by atomic mass is 9.76. The number of rotatable bonds is 6. The third-order valence-electron chi connectivity index (χ3n) is 5.41. The lowest BCUT2D eigenvalue weighted by Crippen LogP contribution is -2.32. The minimum Gasteiger partial charge on any atom is -0.343 e. The highest BCUT2D eigenvalue weighted by Crippen LogP contribution is 2.43. The van der Waals surface area contributed by atoms with Crippen molar-refractivity contribution in [2.75, 3.05) is 11.1 Å². The van der Waals surface area contributed by atoms with Crippen LogP contribution in [0.5, 0.6) is 0 Å². The van der Waals surface area contributed by atoms with E-state index >= 15 is 0 Å². The van der Waals surface area contributed by atoms with Gasteiger partial charge in [0, 0.05) is 41.5 Å². The topological polar surface area (TPSA) is 118 Å². The van der Waals surface area contributed by atoms with Crippen LogP contribution < -0.4 is 10.9 Å². The first-order valence-electron chi connectivity index (χ1n) is 10.0. The summed E-state index contributed by atoms with van der Waals surface area (Å²) in [6.45, 7) is 2.11. The molecule has 0 saturated carbocycles. The van der Waals surface area contributed by atoms with Gasteiger partial charge < -0.3 is 10.3 Å². The first kappa shape index (κ1) is 20.3. The molecule has 1 aliphatic carbocycles. The third kappa shape index (κ3) is 3.77. The van der Waals surface area contributed by atoms with Crippen LogP contribution in [0.2, 0.25) is 0 Å². The van der Waals surface area contributed by atoms with Crippen molar-refractivity contribution in [3.05, 3.63) is 67.1 Å². The number of nitrogens with one attached hydrogen (secondary N) is 2. The molecule has 9 heteroatoms. The van der Waals surface area contributed by atoms with E-state index < -0.39 is 10.8 Å². The molecule has 0 bridgehead atoms. The number of allylic oxidation sites excluding steroid dienone is 2. The van der Waals surface area contributed by atoms with Gasteiger partial charge in [0.1, 0.15) is 5.82 Å². The normalized spacial score (nSPS) is 17.9. The molecule has 156 valence electrons. The highest BCUT2D eigenvalue weighted by atomic mass is 32.2. The molecule has 8 nitrogen and oxygen atoms in total. The number of Topliss-reactive ketones (excluding diaryl/α,β-unsaturated/α-hetero) is 1. The lowest BCUT2D eigenvalue weighted by Gasteiger charge is -2.32. The number of carbonyl (C=O) groups is 1. The van der Waals surface area contributed by atoms with Crippen LogP contribution in [0.4, 0.5) is 11.5 Å². The summed E-state index contributed by atoms with van der Waals surface area (Å²) in [6.07, 6.45) is 3.95. The van der Waals surface area contributed by atoms with Gasteiger partial charge in [0.05, 0.1) is 10.5 Å². The fourth-order valence-corrected chi connectivity index (χ4v) is 4.89. The van der Waals surface area contributed by atoms with E-state index in [0.29, 0.717) is 40.5 Å². The molecule has 1 unspecified atom stereocenters. The second-order valence-electron chi connectivity index (χ2n) is 7.41. The molecular formula is C21H22N4O4S. The Bertz CT molecular complexity index is 1090. The van der Waals surface area contributed by atoms with E-state index in [9.17, 15) is 19.7 Å². The molecule has 2 aliphatic rings. The molecule has 1 aromatic heterocycles. The minimum absolute atomic E-state index is 0.00134. The summed E-state index contributed by atoms with van der Waals surface area (Å²) >= 11 is 1.50. The fourth-order valence-electron chi connectivity index (χ4n) is 3.94. The van der Waals surface area contributed by atoms with Gasteiger partial charge in [-0.25, -0.2) is 4.98 Å². The Morgan fingerprint density at radius 2 is 2.00 bits per heavy atom. The number of nitrogens with zero attached hydrogens (tertiary/aromatic N) is 2. The van der Waals surface area contributed by atoms with Crippen LogP contribution in [-0.2, 0) is 4.79 Å². The van der Waals surface area contributed by atoms with E-state index in [-0.39, 0.29) is 17.0 Å². The molecule has 0 amide bonds. The van der Waals surface area contributed by atoms with E-state index in [1.54, 1.807) is 12.1 Å². The number of unbranched alkanes of at least 4 members (excludes halogenated alkanes) is 1. The number of aromatic nitrogens is 2. The van der Waals surface area contributed by atoms with Crippen molar-refractivity contribution in [1.29, 1.82) is 0 Å². The number of anilines is 1. The number of H-pyrrole nitrogens is 1. The van der Waals surface area contributed by atoms with Crippen molar-refractivity contribution in [1.82, 2.24) is 9.97 Å². The number of non-ortho nitro benzene ring substituents is 1. The van der Waals surface area contributed by atoms with Crippen LogP contribution in [0, 0.1) is 10.1 Å². The van der Waals surface area contributed by atoms with Crippen molar-refractivity contribution in [2.24, 2.45) is 0 Å². The largest absolute Gasteiger partial charge is 0.343 e. The average Bonchev–Trinajstić information content (AvgIpc) is 2.73. The summed E-state index contributed by atoms with van der Waals surface area (Å²) in [5.74, 6) is 0.736. The molecule has 0 radical (unpaired) electrons. The average molecular weight is 426 g/mol. The van der Waals surface area contributed by atoms with Gasteiger partial charge in [0.15, 0.2) is 10.9 Å². The quantitative estimate of drug-likeness (QED) is 0.234. The van der Waals surface area contributed by atoms with Crippen LogP contribution in [-0.4, -0.2) is 26.4 Å². The predicted molar refractivity (Wildman–Crippen MR) is 115 cm³/mol. The van der Waals surface area contributed by atoms with Gasteiger partial charge in [-0.15, -0.1) is 0 Å². The fraction of sp³-hybridized carbons (Fsp3) is 0.381. The Labute approximate surface area is 177 Å². The van der Waals surface area contributed by atoms with Crippen molar-refractivity contribution < 1.29 is 9.72 Å². The minimum atomic E-state index is -0.587. The summed E-state index contributed by atoms with van der Waals surface area (Å²) in [7, 11) is 0. The van der Waals surface area contributed by atoms with Crippen molar-refractivity contribution >= 4 is 29.1 Å². The van der Waals surface area contributed by atoms with E-state index in [1.165, 1.54) is 23.9 Å². The van der Waals surface area contributed by atoms with Crippen LogP contribution in [0.3, 0.4) is 0 Å². The molecule has 0 spiro atoms. The van der Waals surface area contributed by atoms with Gasteiger partial charge in [-0.2, -0.15) is 0 Å². The molecule has 4 rings (SSSR count). The second kappa shape index (κ2) is 8.43. The molecule has 1 atom stereocenters. The number of aromatic amines is 1. The number of benzene rings is 1. The van der Waals surface area contributed by atoms with Gasteiger partial charge in [0.25, 0.3) is 11.2 Å². The number of thioether (sulfide) groups is 1. The summed E-state index contributed by atoms with van der Waals surface area (Å²) in [5.41, 5.74) is 2.10. The molecule has 2 heterocycles. The molecule has 1 aliphatic heterocycles. The molecule has 2 N–H and O–H groups in total. The summed E-state index contributed by atoms with van der Waals surface area (Å²) < 4.78 is 0. The number of hydrogen-bond donors (Lipinski definition) is 2. The number of hydrogen-bond acceptors (Lipinski definition) is 7. The second-order valence-corrected chi connectivity index (χ2v) is 8.49. The maximum atomic E-state index is 13.1. The highest BCUT2D eigenvalue weighted by Gasteiger charge is 2.37. The SMILES string of the molecule is CCCCSc1nc2c(c(=O)[nH]1)C(c1ccc([N+](=O)[O-])cc1)C1=C(CCCC1=O)N2. The Morgan fingerprint density at radius 3 is 2.70 bits per heavy atom. The molecular weight excluding hydrogens is 404 g/mol. The molecule has 30 heavy (non-hydrogen) atoms. The number of ketones is 1. The Kier molecular flexibility index (Phi) is 5.72. The van der Waals surface area contributed by atoms with E-state index in [4.69, 9.17) is 0 Å². The van der Waals surface area contributed by atoms with Crippen LogP contribution in [0.15, 0.2) is 45.5 Å². The smallest absolute Gasteiger partial charge is 0.269 e. The third-order valence-corrected chi connectivity index (χ3v) is 6.37. The maximum Gasteiger partial charge on any atom is 0.269 e. The molecule has 0 saturated heterocycles. The van der Waals surface area contributed by atoms with Crippen molar-refractivity contribution in [2.45, 2.75) is 50.1 Å². The predicted octanol–water partition coefficient (Wildman–Crippen LogP) is 4.13. The first-order valence-corrected chi connectivity index (χ1v) is 11.0. The van der Waals surface area contributed by atoms with E-state index in [0.717, 1.165) is 30.7 Å². The number of fused-ring (bicyclic) bond motifs is 1. The van der Waals surface area contributed by atoms with Crippen LogP contribution >= 0.6 is 11.8 Å². The first-order chi connectivity index (χ1) is 14.5. The molecule has 0 fully saturated rings. The number of nitro groups is 1. The van der Waals surface area contributed by atoms with E-state index in [2.05, 4.69) is 22.2 Å². The molecule has 2 aromatic rings. The van der Waals surface area contributed by atoms with Gasteiger partial charge in [-0.1, -0.05) is 37.2 Å². The zero-order valence-corrected chi connectivity index (χ0v) is 17.4. The molecule has 1 aromatic carbocycles. The summed E-state index contributed by atoms with van der Waals surface area (Å²) in [5, 5.41) is 14.8. The highest BCUT2D eigenvalue weighted by molar-refractivity contribution is 7.99. The summed E-state index contributed by atoms with van der Waals surface area (Å²) in [4.78, 5) is 43.9. The maximum absolute atomic E-state index is 13.1. The number of nitro benzene ring substituents is 1. The Hall–Kier alpha value is -2.94. The standard InChI is InChI=1S/C21H22N4O4S/c1-2-3-11-30-21-23-19-18(20(27)24-21)16(12-7-9-13(10-8-12)25(28)29)17-14(22-19)5-4-6-15(17)26/h7-10,16H,2-6,11H2,1H3,(H2,22,23,24,27). The zero-order chi connectivity index (χ0) is 21.3. The summed E-state index contributed by atoms with van der Waals surface area (Å²) in [6, 6.07) is 6.05. The van der Waals surface area contributed by atoms with Gasteiger partial charge in [-0.05, 0) is 24.8 Å². The van der Waals surface area contributed by atoms with Gasteiger partial charge in [0.2, 0.25) is 0 Å². The number of carbonyl (C=O) groups excluding carboxylic acids is 1. The zero-order valence-electron chi connectivity index (χ0n) is 16.6. The van der Waals surface area contributed by atoms with Gasteiger partial charge in [-0.3, -0.25) is 19.7 Å². The van der Waals surface area contributed by atoms with Crippen molar-refractivity contribution in [3.63, 3.8) is 0 Å². The van der Waals surface area contributed by atoms with Crippen LogP contribution in [0.25, 0.3) is 0 Å².